The van der Waals surface area contributed by atoms with Gasteiger partial charge in [-0.1, -0.05) is 0 Å². The average molecular weight is 1010 g/mol. The van der Waals surface area contributed by atoms with Crippen LogP contribution in [-0.4, -0.2) is 190 Å². The first-order valence-electron chi connectivity index (χ1n) is 21.9. The number of ether oxygens (including phenoxy) is 8. The lowest BCUT2D eigenvalue weighted by molar-refractivity contribution is -0.277. The van der Waals surface area contributed by atoms with E-state index in [9.17, 15) is 80.8 Å². The number of benzene rings is 4. The second-order valence-electron chi connectivity index (χ2n) is 16.8. The van der Waals surface area contributed by atoms with Gasteiger partial charge in [-0.05, 0) is 72.8 Å². The van der Waals surface area contributed by atoms with E-state index >= 15 is 0 Å². The van der Waals surface area contributed by atoms with Gasteiger partial charge in [-0.25, -0.2) is 9.59 Å². The average Bonchev–Trinajstić information content (AvgIpc) is 3.37. The zero-order valence-corrected chi connectivity index (χ0v) is 37.1. The molecule has 13 N–H and O–H groups in total. The third-order valence-corrected chi connectivity index (χ3v) is 11.9. The molecule has 4 aliphatic heterocycles. The molecular weight excluding hydrogens is 964 g/mol. The molecule has 0 saturated carbocycles. The smallest absolute Gasteiger partial charge is 0.338 e. The number of phenolic OH excluding ortho intramolecular Hbond substituents is 3. The monoisotopic (exact) mass is 1010 g/mol. The normalized spacial score (nSPS) is 30.6. The molecular formula is C47H48O25. The lowest BCUT2D eigenvalue weighted by Crippen LogP contribution is -2.60. The van der Waals surface area contributed by atoms with Crippen LogP contribution >= 0.6 is 0 Å². The van der Waals surface area contributed by atoms with Crippen LogP contribution in [0.15, 0.2) is 94.1 Å². The molecule has 25 nitrogen and oxygen atoms in total. The molecule has 15 atom stereocenters. The summed E-state index contributed by atoms with van der Waals surface area (Å²) in [6.45, 7) is -2.06. The summed E-state index contributed by atoms with van der Waals surface area (Å²) in [5.41, 5.74) is -0.949. The zero-order valence-electron chi connectivity index (χ0n) is 37.1. The van der Waals surface area contributed by atoms with Gasteiger partial charge in [0.15, 0.2) is 28.4 Å². The predicted molar refractivity (Wildman–Crippen MR) is 234 cm³/mol. The molecule has 25 heteroatoms. The first kappa shape index (κ1) is 51.7. The third kappa shape index (κ3) is 10.9. The van der Waals surface area contributed by atoms with Crippen molar-refractivity contribution in [1.82, 2.24) is 0 Å². The summed E-state index contributed by atoms with van der Waals surface area (Å²) >= 11 is 0. The number of carbonyl (C=O) groups is 2. The van der Waals surface area contributed by atoms with Gasteiger partial charge in [0.25, 0.3) is 0 Å². The highest BCUT2D eigenvalue weighted by molar-refractivity contribution is 5.90. The van der Waals surface area contributed by atoms with Crippen molar-refractivity contribution in [2.24, 2.45) is 0 Å². The van der Waals surface area contributed by atoms with Crippen molar-refractivity contribution >= 4 is 11.9 Å². The Morgan fingerprint density at radius 1 is 0.500 bits per heavy atom. The fourth-order valence-corrected chi connectivity index (χ4v) is 7.79. The molecule has 0 radical (unpaired) electrons. The number of aromatic hydroxyl groups is 3. The summed E-state index contributed by atoms with van der Waals surface area (Å²) in [4.78, 5) is 39.1. The number of aliphatic hydroxyl groups is 10. The molecule has 3 aromatic carbocycles. The Balaban J connectivity index is 0.922. The molecule has 3 aromatic rings. The van der Waals surface area contributed by atoms with Gasteiger partial charge in [-0.15, -0.1) is 0 Å². The summed E-state index contributed by atoms with van der Waals surface area (Å²) in [5.74, 6) is -4.10. The first-order chi connectivity index (χ1) is 34.3. The minimum atomic E-state index is -1.95. The van der Waals surface area contributed by atoms with Crippen LogP contribution in [0.5, 0.6) is 34.5 Å². The van der Waals surface area contributed by atoms with Crippen LogP contribution in [0.25, 0.3) is 22.6 Å². The van der Waals surface area contributed by atoms with Gasteiger partial charge >= 0.3 is 11.9 Å². The molecule has 5 aliphatic rings. The Kier molecular flexibility index (Phi) is 15.5. The topological polar surface area (TPSA) is 401 Å². The fraction of sp³-hybridized carbons (Fsp3) is 0.383. The van der Waals surface area contributed by atoms with Crippen LogP contribution in [0.3, 0.4) is 0 Å². The maximum atomic E-state index is 13.6. The first-order valence-corrected chi connectivity index (χ1v) is 21.9. The molecule has 4 heterocycles. The van der Waals surface area contributed by atoms with E-state index in [4.69, 9.17) is 42.3 Å². The van der Waals surface area contributed by atoms with Gasteiger partial charge in [0.2, 0.25) is 18.9 Å². The van der Waals surface area contributed by atoms with Crippen molar-refractivity contribution in [3.05, 3.63) is 106 Å². The molecule has 3 saturated heterocycles. The fourth-order valence-electron chi connectivity index (χ4n) is 7.79. The van der Waals surface area contributed by atoms with Crippen molar-refractivity contribution < 1.29 is 118 Å². The van der Waals surface area contributed by atoms with Crippen molar-refractivity contribution in [2.75, 3.05) is 19.8 Å². The predicted octanol–water partition coefficient (Wildman–Crippen LogP) is -2.21. The highest BCUT2D eigenvalue weighted by Gasteiger charge is 2.48. The second kappa shape index (κ2) is 21.6. The number of hydrogen-bond acceptors (Lipinski definition) is 25. The summed E-state index contributed by atoms with van der Waals surface area (Å²) in [6.07, 6.45) is -25.8. The SMILES string of the molecule is O=C(OC[C@H]1O[C@@H](Oc2ccc(C(=O)OC[C@H]3O[C@@H](Oc4cc5oc(-c6ccc(O)c(O)c6)c(O[C@@H]6O[C@H](CO)[C@@H](O)[C@H](O)[C@H]6O)cc-5c(=O)c4)[C@H](O)[C@@H](O)[C@@H]3O)cc2)[C@H](O)[C@@H](O)[C@@H]1O)c1ccc(O)cc1. The van der Waals surface area contributed by atoms with Gasteiger partial charge in [-0.2, -0.15) is 0 Å². The largest absolute Gasteiger partial charge is 0.508 e. The van der Waals surface area contributed by atoms with E-state index in [2.05, 4.69) is 0 Å². The highest BCUT2D eigenvalue weighted by atomic mass is 16.7. The molecule has 0 bridgehead atoms. The number of rotatable bonds is 14. The van der Waals surface area contributed by atoms with E-state index in [1.54, 1.807) is 0 Å². The van der Waals surface area contributed by atoms with Crippen LogP contribution in [0.4, 0.5) is 0 Å². The van der Waals surface area contributed by atoms with Gasteiger partial charge in [-0.3, -0.25) is 4.79 Å². The van der Waals surface area contributed by atoms with E-state index < -0.39 is 141 Å². The van der Waals surface area contributed by atoms with Crippen LogP contribution in [-0.2, 0) is 23.7 Å². The molecule has 1 aliphatic carbocycles. The summed E-state index contributed by atoms with van der Waals surface area (Å²) < 4.78 is 50.5. The van der Waals surface area contributed by atoms with E-state index in [0.29, 0.717) is 0 Å². The van der Waals surface area contributed by atoms with Crippen LogP contribution in [0.1, 0.15) is 20.7 Å². The molecule has 0 unspecified atom stereocenters. The lowest BCUT2D eigenvalue weighted by atomic mass is 9.99. The van der Waals surface area contributed by atoms with Crippen molar-refractivity contribution in [1.29, 1.82) is 0 Å². The molecule has 0 amide bonds. The standard InChI is InChI=1S/C47H48O25/c48-15-30-33(53)36(56)41(61)47(70-30)69-29-14-24-26(51)12-23(13-28(24)68-42(29)20-5-10-25(50)27(52)11-20)67-46-40(60)38(58)35(55)32(72-46)17-65-44(63)19-3-8-22(9-4-19)66-45-39(59)37(57)34(54)31(71-45)16-64-43(62)18-1-6-21(49)7-2-18/h1-14,30-41,45-50,52-61H,15-17H2/t30-,31-,32-,33-,34-,35-,36+,37+,38+,39-,40-,41-,45-,46-,47-/m1/s1. The quantitative estimate of drug-likeness (QED) is 0.0414. The summed E-state index contributed by atoms with van der Waals surface area (Å²) in [7, 11) is 0. The Bertz CT molecular complexity index is 2710. The van der Waals surface area contributed by atoms with E-state index in [0.717, 1.165) is 30.3 Å². The van der Waals surface area contributed by atoms with Gasteiger partial charge in [0.05, 0.1) is 23.3 Å². The Morgan fingerprint density at radius 2 is 0.986 bits per heavy atom. The molecule has 0 spiro atoms. The lowest BCUT2D eigenvalue weighted by Gasteiger charge is -2.40. The van der Waals surface area contributed by atoms with Crippen LogP contribution in [0, 0.1) is 0 Å². The number of hydrogen-bond donors (Lipinski definition) is 13. The molecule has 0 aromatic heterocycles. The minimum absolute atomic E-state index is 0.00243. The van der Waals surface area contributed by atoms with Crippen molar-refractivity contribution in [2.45, 2.75) is 92.1 Å². The second-order valence-corrected chi connectivity index (χ2v) is 16.8. The van der Waals surface area contributed by atoms with E-state index in [1.165, 1.54) is 54.6 Å². The molecule has 72 heavy (non-hydrogen) atoms. The van der Waals surface area contributed by atoms with Gasteiger partial charge < -0.3 is 109 Å². The Hall–Kier alpha value is -6.69. The maximum absolute atomic E-state index is 13.6. The summed E-state index contributed by atoms with van der Waals surface area (Å²) in [6, 6.07) is 16.8. The number of phenols is 3. The van der Waals surface area contributed by atoms with Crippen LogP contribution < -0.4 is 19.6 Å². The Morgan fingerprint density at radius 3 is 1.51 bits per heavy atom. The van der Waals surface area contributed by atoms with Gasteiger partial charge in [0, 0.05) is 17.7 Å². The minimum Gasteiger partial charge on any atom is -0.508 e. The highest BCUT2D eigenvalue weighted by Crippen LogP contribution is 2.41. The number of fused-ring (bicyclic) bond motifs is 1. The maximum Gasteiger partial charge on any atom is 0.338 e. The van der Waals surface area contributed by atoms with Crippen LogP contribution in [0.2, 0.25) is 0 Å². The molecule has 3 fully saturated rings. The zero-order chi connectivity index (χ0) is 51.7. The number of aliphatic hydroxyl groups excluding tert-OH is 10. The summed E-state index contributed by atoms with van der Waals surface area (Å²) in [5, 5.41) is 134. The van der Waals surface area contributed by atoms with Crippen molar-refractivity contribution in [3.63, 3.8) is 0 Å². The Labute approximate surface area is 404 Å². The number of esters is 2. The third-order valence-electron chi connectivity index (χ3n) is 11.9. The van der Waals surface area contributed by atoms with Gasteiger partial charge in [0.1, 0.15) is 109 Å². The van der Waals surface area contributed by atoms with E-state index in [-0.39, 0.29) is 56.8 Å². The molecule has 8 rings (SSSR count). The molecule has 386 valence electrons. The number of carbonyl (C=O) groups excluding carboxylic acids is 2. The van der Waals surface area contributed by atoms with E-state index in [1.807, 2.05) is 0 Å². The van der Waals surface area contributed by atoms with Crippen molar-refractivity contribution in [3.8, 4) is 57.1 Å².